The Labute approximate surface area is 148 Å². The third kappa shape index (κ3) is 3.80. The van der Waals surface area contributed by atoms with E-state index in [0.717, 1.165) is 23.1 Å². The van der Waals surface area contributed by atoms with E-state index in [1.807, 2.05) is 56.3 Å². The van der Waals surface area contributed by atoms with Crippen molar-refractivity contribution in [1.29, 1.82) is 0 Å². The molecular formula is C20H22ClNO2. The molecule has 0 spiro atoms. The van der Waals surface area contributed by atoms with Crippen molar-refractivity contribution in [3.05, 3.63) is 70.2 Å². The molecule has 2 aromatic rings. The van der Waals surface area contributed by atoms with Crippen LogP contribution in [0.4, 0.5) is 0 Å². The van der Waals surface area contributed by atoms with Crippen LogP contribution in [-0.4, -0.2) is 18.6 Å². The normalized spacial score (nSPS) is 21.5. The Bertz CT molecular complexity index is 714. The first kappa shape index (κ1) is 17.0. The molecule has 1 aliphatic heterocycles. The van der Waals surface area contributed by atoms with Crippen LogP contribution in [0.5, 0.6) is 0 Å². The van der Waals surface area contributed by atoms with Gasteiger partial charge in [0.1, 0.15) is 6.10 Å². The summed E-state index contributed by atoms with van der Waals surface area (Å²) >= 11 is 5.95. The average molecular weight is 344 g/mol. The van der Waals surface area contributed by atoms with Gasteiger partial charge in [-0.1, -0.05) is 53.6 Å². The fraction of sp³-hybridized carbons (Fsp3) is 0.350. The van der Waals surface area contributed by atoms with Gasteiger partial charge in [-0.25, -0.2) is 0 Å². The standard InChI is InChI=1S/C20H22ClNO2/c1-13-4-3-5-16(12-13)14(2)20(23)22-18-10-11-24-19(18)15-6-8-17(21)9-7-15/h3-9,12,14,18-19H,10-11H2,1-2H3,(H,22,23)/t14-,18+,19-/m0/s1. The number of ether oxygens (including phenoxy) is 1. The molecule has 1 saturated heterocycles. The van der Waals surface area contributed by atoms with E-state index in [2.05, 4.69) is 11.4 Å². The molecule has 3 nitrogen and oxygen atoms in total. The predicted molar refractivity (Wildman–Crippen MR) is 96.3 cm³/mol. The molecule has 126 valence electrons. The van der Waals surface area contributed by atoms with E-state index in [-0.39, 0.29) is 24.0 Å². The van der Waals surface area contributed by atoms with Crippen LogP contribution in [0.15, 0.2) is 48.5 Å². The molecule has 2 aromatic carbocycles. The summed E-state index contributed by atoms with van der Waals surface area (Å²) in [4.78, 5) is 12.7. The lowest BCUT2D eigenvalue weighted by Gasteiger charge is -2.22. The molecule has 0 bridgehead atoms. The van der Waals surface area contributed by atoms with Crippen LogP contribution < -0.4 is 5.32 Å². The van der Waals surface area contributed by atoms with Gasteiger partial charge in [-0.3, -0.25) is 4.79 Å². The van der Waals surface area contributed by atoms with E-state index in [0.29, 0.717) is 11.6 Å². The number of hydrogen-bond donors (Lipinski definition) is 1. The lowest BCUT2D eigenvalue weighted by molar-refractivity contribution is -0.123. The van der Waals surface area contributed by atoms with Gasteiger partial charge < -0.3 is 10.1 Å². The zero-order chi connectivity index (χ0) is 17.1. The van der Waals surface area contributed by atoms with Gasteiger partial charge in [-0.05, 0) is 43.5 Å². The minimum absolute atomic E-state index is 0.00839. The van der Waals surface area contributed by atoms with Crippen LogP contribution in [0.2, 0.25) is 5.02 Å². The molecule has 1 fully saturated rings. The fourth-order valence-corrected chi connectivity index (χ4v) is 3.24. The van der Waals surface area contributed by atoms with Crippen LogP contribution in [0.3, 0.4) is 0 Å². The lowest BCUT2D eigenvalue weighted by atomic mass is 9.97. The van der Waals surface area contributed by atoms with Crippen molar-refractivity contribution in [2.45, 2.75) is 38.3 Å². The van der Waals surface area contributed by atoms with E-state index in [1.54, 1.807) is 0 Å². The van der Waals surface area contributed by atoms with Crippen LogP contribution in [0.25, 0.3) is 0 Å². The SMILES string of the molecule is Cc1cccc([C@H](C)C(=O)N[C@@H]2CCO[C@H]2c2ccc(Cl)cc2)c1. The van der Waals surface area contributed by atoms with Gasteiger partial charge in [0.25, 0.3) is 0 Å². The Morgan fingerprint density at radius 1 is 1.25 bits per heavy atom. The maximum absolute atomic E-state index is 12.7. The molecule has 1 amide bonds. The maximum Gasteiger partial charge on any atom is 0.227 e. The summed E-state index contributed by atoms with van der Waals surface area (Å²) in [5, 5.41) is 3.86. The van der Waals surface area contributed by atoms with E-state index in [1.165, 1.54) is 0 Å². The molecule has 0 radical (unpaired) electrons. The number of amides is 1. The molecular weight excluding hydrogens is 322 g/mol. The summed E-state index contributed by atoms with van der Waals surface area (Å²) in [6, 6.07) is 15.7. The van der Waals surface area contributed by atoms with Crippen molar-refractivity contribution in [3.63, 3.8) is 0 Å². The van der Waals surface area contributed by atoms with Crippen molar-refractivity contribution < 1.29 is 9.53 Å². The number of carbonyl (C=O) groups excluding carboxylic acids is 1. The molecule has 0 unspecified atom stereocenters. The van der Waals surface area contributed by atoms with Crippen LogP contribution in [0, 0.1) is 6.92 Å². The maximum atomic E-state index is 12.7. The number of hydrogen-bond acceptors (Lipinski definition) is 2. The van der Waals surface area contributed by atoms with Crippen molar-refractivity contribution in [2.75, 3.05) is 6.61 Å². The van der Waals surface area contributed by atoms with Gasteiger partial charge in [-0.2, -0.15) is 0 Å². The largest absolute Gasteiger partial charge is 0.371 e. The van der Waals surface area contributed by atoms with Crippen LogP contribution in [0.1, 0.15) is 42.1 Å². The Morgan fingerprint density at radius 3 is 2.71 bits per heavy atom. The average Bonchev–Trinajstić information content (AvgIpc) is 3.03. The minimum atomic E-state index is -0.184. The number of carbonyl (C=O) groups is 1. The highest BCUT2D eigenvalue weighted by Gasteiger charge is 2.32. The Morgan fingerprint density at radius 2 is 2.00 bits per heavy atom. The minimum Gasteiger partial charge on any atom is -0.371 e. The Hall–Kier alpha value is -1.84. The molecule has 0 saturated carbocycles. The van der Waals surface area contributed by atoms with Gasteiger partial charge >= 0.3 is 0 Å². The summed E-state index contributed by atoms with van der Waals surface area (Å²) in [5.74, 6) is -0.147. The number of rotatable bonds is 4. The molecule has 1 aliphatic rings. The molecule has 0 aliphatic carbocycles. The zero-order valence-electron chi connectivity index (χ0n) is 14.0. The first-order valence-corrected chi connectivity index (χ1v) is 8.66. The van der Waals surface area contributed by atoms with Gasteiger partial charge in [0, 0.05) is 11.6 Å². The molecule has 3 atom stereocenters. The van der Waals surface area contributed by atoms with Crippen molar-refractivity contribution in [3.8, 4) is 0 Å². The molecule has 24 heavy (non-hydrogen) atoms. The van der Waals surface area contributed by atoms with Crippen molar-refractivity contribution >= 4 is 17.5 Å². The molecule has 0 aromatic heterocycles. The highest BCUT2D eigenvalue weighted by Crippen LogP contribution is 2.30. The summed E-state index contributed by atoms with van der Waals surface area (Å²) < 4.78 is 5.84. The van der Waals surface area contributed by atoms with Gasteiger partial charge in [0.15, 0.2) is 0 Å². The summed E-state index contributed by atoms with van der Waals surface area (Å²) in [7, 11) is 0. The number of aryl methyl sites for hydroxylation is 1. The van der Waals surface area contributed by atoms with Gasteiger partial charge in [0.2, 0.25) is 5.91 Å². The van der Waals surface area contributed by atoms with Gasteiger partial charge in [-0.15, -0.1) is 0 Å². The second-order valence-corrected chi connectivity index (χ2v) is 6.82. The highest BCUT2D eigenvalue weighted by atomic mass is 35.5. The number of halogens is 1. The third-order valence-corrected chi connectivity index (χ3v) is 4.81. The second kappa shape index (κ2) is 7.37. The second-order valence-electron chi connectivity index (χ2n) is 6.38. The fourth-order valence-electron chi connectivity index (χ4n) is 3.12. The lowest BCUT2D eigenvalue weighted by Crippen LogP contribution is -2.39. The summed E-state index contributed by atoms with van der Waals surface area (Å²) in [5.41, 5.74) is 3.25. The monoisotopic (exact) mass is 343 g/mol. The summed E-state index contributed by atoms with van der Waals surface area (Å²) in [6.07, 6.45) is 0.704. The van der Waals surface area contributed by atoms with E-state index >= 15 is 0 Å². The third-order valence-electron chi connectivity index (χ3n) is 4.55. The van der Waals surface area contributed by atoms with Crippen molar-refractivity contribution in [2.24, 2.45) is 0 Å². The highest BCUT2D eigenvalue weighted by molar-refractivity contribution is 6.30. The van der Waals surface area contributed by atoms with Crippen LogP contribution >= 0.6 is 11.6 Å². The van der Waals surface area contributed by atoms with Crippen LogP contribution in [-0.2, 0) is 9.53 Å². The van der Waals surface area contributed by atoms with E-state index < -0.39 is 0 Å². The first-order chi connectivity index (χ1) is 11.5. The number of nitrogens with one attached hydrogen (secondary N) is 1. The summed E-state index contributed by atoms with van der Waals surface area (Å²) in [6.45, 7) is 4.63. The zero-order valence-corrected chi connectivity index (χ0v) is 14.7. The predicted octanol–water partition coefficient (Wildman–Crippen LogP) is 4.40. The first-order valence-electron chi connectivity index (χ1n) is 8.28. The molecule has 1 heterocycles. The Balaban J connectivity index is 1.70. The molecule has 3 rings (SSSR count). The molecule has 1 N–H and O–H groups in total. The topological polar surface area (TPSA) is 38.3 Å². The van der Waals surface area contributed by atoms with Crippen molar-refractivity contribution in [1.82, 2.24) is 5.32 Å². The van der Waals surface area contributed by atoms with Gasteiger partial charge in [0.05, 0.1) is 12.0 Å². The van der Waals surface area contributed by atoms with E-state index in [4.69, 9.17) is 16.3 Å². The molecule has 4 heteroatoms. The Kier molecular flexibility index (Phi) is 5.22. The quantitative estimate of drug-likeness (QED) is 0.893. The smallest absolute Gasteiger partial charge is 0.227 e. The number of benzene rings is 2. The van der Waals surface area contributed by atoms with E-state index in [9.17, 15) is 4.79 Å².